The maximum absolute atomic E-state index is 13.3. The molecule has 5 nitrogen and oxygen atoms in total. The van der Waals surface area contributed by atoms with E-state index in [1.807, 2.05) is 91.0 Å². The summed E-state index contributed by atoms with van der Waals surface area (Å²) in [6.45, 7) is 0.391. The fraction of sp³-hybridized carbons (Fsp3) is 0.167. The predicted octanol–water partition coefficient (Wildman–Crippen LogP) is 3.75. The molecular formula is C24H22N2O3. The van der Waals surface area contributed by atoms with E-state index in [1.165, 1.54) is 9.80 Å². The lowest BCUT2D eigenvalue weighted by Crippen LogP contribution is -2.60. The van der Waals surface area contributed by atoms with Crippen LogP contribution in [0.15, 0.2) is 91.0 Å². The lowest BCUT2D eigenvalue weighted by molar-refractivity contribution is -0.143. The first-order valence-corrected chi connectivity index (χ1v) is 9.58. The number of urea groups is 1. The van der Waals surface area contributed by atoms with Gasteiger partial charge in [-0.3, -0.25) is 14.6 Å². The van der Waals surface area contributed by atoms with Gasteiger partial charge in [-0.15, -0.1) is 0 Å². The number of benzene rings is 3. The molecule has 146 valence electrons. The van der Waals surface area contributed by atoms with Crippen LogP contribution in [0, 0.1) is 0 Å². The lowest BCUT2D eigenvalue weighted by atomic mass is 9.92. The third kappa shape index (κ3) is 3.91. The second-order valence-corrected chi connectivity index (χ2v) is 7.11. The van der Waals surface area contributed by atoms with Crippen LogP contribution in [0.25, 0.3) is 0 Å². The molecule has 0 aliphatic carbocycles. The summed E-state index contributed by atoms with van der Waals surface area (Å²) >= 11 is 0. The molecule has 3 aromatic rings. The largest absolute Gasteiger partial charge is 0.372 e. The van der Waals surface area contributed by atoms with Crippen molar-refractivity contribution in [2.75, 3.05) is 0 Å². The van der Waals surface area contributed by atoms with E-state index in [9.17, 15) is 14.7 Å². The van der Waals surface area contributed by atoms with E-state index >= 15 is 0 Å². The van der Waals surface area contributed by atoms with Crippen molar-refractivity contribution < 1.29 is 14.7 Å². The summed E-state index contributed by atoms with van der Waals surface area (Å²) in [7, 11) is 0. The van der Waals surface area contributed by atoms with Crippen LogP contribution in [0.3, 0.4) is 0 Å². The lowest BCUT2D eigenvalue weighted by Gasteiger charge is -2.42. The van der Waals surface area contributed by atoms with Gasteiger partial charge in [-0.05, 0) is 16.7 Å². The Hall–Kier alpha value is -3.44. The van der Waals surface area contributed by atoms with Crippen molar-refractivity contribution in [2.45, 2.75) is 25.2 Å². The average Bonchev–Trinajstić information content (AvgIpc) is 2.77. The number of hydrogen-bond donors (Lipinski definition) is 1. The van der Waals surface area contributed by atoms with Gasteiger partial charge in [-0.25, -0.2) is 4.79 Å². The third-order valence-electron chi connectivity index (χ3n) is 5.16. The third-order valence-corrected chi connectivity index (χ3v) is 5.16. The Labute approximate surface area is 169 Å². The molecule has 0 spiro atoms. The molecule has 4 rings (SSSR count). The maximum Gasteiger partial charge on any atom is 0.329 e. The Morgan fingerprint density at radius 3 is 1.72 bits per heavy atom. The first-order chi connectivity index (χ1) is 14.1. The Balaban J connectivity index is 1.70. The van der Waals surface area contributed by atoms with Gasteiger partial charge in [0.05, 0.1) is 6.54 Å². The topological polar surface area (TPSA) is 60.9 Å². The molecule has 2 unspecified atom stereocenters. The van der Waals surface area contributed by atoms with Gasteiger partial charge in [0.1, 0.15) is 12.1 Å². The quantitative estimate of drug-likeness (QED) is 0.726. The molecule has 2 atom stereocenters. The van der Waals surface area contributed by atoms with Gasteiger partial charge >= 0.3 is 6.03 Å². The Morgan fingerprint density at radius 2 is 1.17 bits per heavy atom. The minimum atomic E-state index is -1.23. The molecule has 5 heteroatoms. The molecule has 1 heterocycles. The van der Waals surface area contributed by atoms with E-state index in [0.29, 0.717) is 5.56 Å². The van der Waals surface area contributed by atoms with E-state index < -0.39 is 18.2 Å². The summed E-state index contributed by atoms with van der Waals surface area (Å²) in [5.74, 6) is -1.22. The number of rotatable bonds is 5. The van der Waals surface area contributed by atoms with E-state index in [2.05, 4.69) is 0 Å². The van der Waals surface area contributed by atoms with Crippen LogP contribution >= 0.6 is 0 Å². The zero-order valence-electron chi connectivity index (χ0n) is 15.9. The minimum Gasteiger partial charge on any atom is -0.372 e. The molecule has 29 heavy (non-hydrogen) atoms. The van der Waals surface area contributed by atoms with E-state index in [-0.39, 0.29) is 19.0 Å². The van der Waals surface area contributed by atoms with Crippen molar-refractivity contribution in [3.05, 3.63) is 108 Å². The van der Waals surface area contributed by atoms with Crippen molar-refractivity contribution in [1.29, 1.82) is 0 Å². The number of amides is 3. The number of nitrogens with zero attached hydrogens (tertiary/aromatic N) is 2. The van der Waals surface area contributed by atoms with Crippen LogP contribution in [0.4, 0.5) is 4.79 Å². The average molecular weight is 386 g/mol. The van der Waals surface area contributed by atoms with E-state index in [0.717, 1.165) is 11.1 Å². The predicted molar refractivity (Wildman–Crippen MR) is 110 cm³/mol. The molecule has 1 N–H and O–H groups in total. The first kappa shape index (κ1) is 18.9. The number of hydrogen-bond acceptors (Lipinski definition) is 3. The fourth-order valence-corrected chi connectivity index (χ4v) is 3.67. The molecule has 3 amide bonds. The molecule has 1 aliphatic rings. The normalized spacial score (nSPS) is 19.5. The van der Waals surface area contributed by atoms with Gasteiger partial charge in [0.25, 0.3) is 0 Å². The van der Waals surface area contributed by atoms with Gasteiger partial charge in [-0.2, -0.15) is 0 Å². The summed E-state index contributed by atoms with van der Waals surface area (Å²) in [6, 6.07) is 27.5. The highest BCUT2D eigenvalue weighted by Gasteiger charge is 2.46. The van der Waals surface area contributed by atoms with Crippen LogP contribution in [-0.2, 0) is 17.9 Å². The van der Waals surface area contributed by atoms with Crippen LogP contribution in [0.5, 0.6) is 0 Å². The summed E-state index contributed by atoms with van der Waals surface area (Å²) in [6.07, 6.45) is -1.23. The van der Waals surface area contributed by atoms with Crippen LogP contribution in [0.1, 0.15) is 22.6 Å². The van der Waals surface area contributed by atoms with Crippen molar-refractivity contribution in [3.63, 3.8) is 0 Å². The smallest absolute Gasteiger partial charge is 0.329 e. The molecule has 1 fully saturated rings. The Kier molecular flexibility index (Phi) is 5.40. The maximum atomic E-state index is 13.3. The van der Waals surface area contributed by atoms with Crippen LogP contribution in [0.2, 0.25) is 0 Å². The highest BCUT2D eigenvalue weighted by atomic mass is 16.3. The second kappa shape index (κ2) is 8.29. The highest BCUT2D eigenvalue weighted by molar-refractivity contribution is 6.00. The number of aliphatic hydroxyl groups excluding tert-OH is 1. The summed E-state index contributed by atoms with van der Waals surface area (Å²) in [4.78, 5) is 29.1. The van der Waals surface area contributed by atoms with E-state index in [4.69, 9.17) is 0 Å². The van der Waals surface area contributed by atoms with Gasteiger partial charge in [0.15, 0.2) is 0 Å². The number of carbonyl (C=O) groups is 2. The zero-order valence-corrected chi connectivity index (χ0v) is 15.9. The molecular weight excluding hydrogens is 364 g/mol. The number of carbonyl (C=O) groups excluding carboxylic acids is 2. The standard InChI is InChI=1S/C24H22N2O3/c27-22-21(20-14-8-3-9-15-20)23(28)26(17-19-12-6-2-7-13-19)24(29)25(22)16-18-10-4-1-5-11-18/h1-15,21-22,27H,16-17H2. The van der Waals surface area contributed by atoms with Gasteiger partial charge in [0.2, 0.25) is 5.91 Å². The van der Waals surface area contributed by atoms with Gasteiger partial charge < -0.3 is 5.11 Å². The Morgan fingerprint density at radius 1 is 0.690 bits per heavy atom. The second-order valence-electron chi connectivity index (χ2n) is 7.11. The molecule has 0 radical (unpaired) electrons. The fourth-order valence-electron chi connectivity index (χ4n) is 3.67. The first-order valence-electron chi connectivity index (χ1n) is 9.58. The van der Waals surface area contributed by atoms with Crippen molar-refractivity contribution in [1.82, 2.24) is 9.80 Å². The molecule has 1 aliphatic heterocycles. The summed E-state index contributed by atoms with van der Waals surface area (Å²) in [5, 5.41) is 11.0. The molecule has 3 aromatic carbocycles. The highest BCUT2D eigenvalue weighted by Crippen LogP contribution is 2.32. The molecule has 0 saturated carbocycles. The summed E-state index contributed by atoms with van der Waals surface area (Å²) < 4.78 is 0. The number of imide groups is 1. The Bertz CT molecular complexity index is 977. The monoisotopic (exact) mass is 386 g/mol. The van der Waals surface area contributed by atoms with Crippen molar-refractivity contribution in [2.24, 2.45) is 0 Å². The van der Waals surface area contributed by atoms with E-state index in [1.54, 1.807) is 0 Å². The van der Waals surface area contributed by atoms with Crippen molar-refractivity contribution >= 4 is 11.9 Å². The SMILES string of the molecule is O=C1C(c2ccccc2)C(O)N(Cc2ccccc2)C(=O)N1Cc1ccccc1. The van der Waals surface area contributed by atoms with Gasteiger partial charge in [0, 0.05) is 6.54 Å². The zero-order chi connectivity index (χ0) is 20.2. The van der Waals surface area contributed by atoms with Crippen LogP contribution < -0.4 is 0 Å². The minimum absolute atomic E-state index is 0.167. The van der Waals surface area contributed by atoms with Crippen molar-refractivity contribution in [3.8, 4) is 0 Å². The molecule has 0 aromatic heterocycles. The molecule has 1 saturated heterocycles. The van der Waals surface area contributed by atoms with Crippen LogP contribution in [-0.4, -0.2) is 33.1 Å². The van der Waals surface area contributed by atoms with Gasteiger partial charge in [-0.1, -0.05) is 91.0 Å². The molecule has 0 bridgehead atoms. The number of aliphatic hydroxyl groups is 1. The summed E-state index contributed by atoms with van der Waals surface area (Å²) in [5.41, 5.74) is 2.44.